The standard InChI is InChI=1S/C15H8ClF3O2/c16-13-12(20)6-9-3-7-1-2-10(15(17,18)19)4-8(7)5-11(9)14(13)21/h1-6,20-21H. The lowest BCUT2D eigenvalue weighted by molar-refractivity contribution is -0.137. The molecule has 0 saturated carbocycles. The average Bonchev–Trinajstić information content (AvgIpc) is 2.42. The summed E-state index contributed by atoms with van der Waals surface area (Å²) in [5.41, 5.74) is -0.765. The molecule has 3 aromatic rings. The molecule has 0 amide bonds. The molecule has 2 nitrogen and oxygen atoms in total. The van der Waals surface area contributed by atoms with Gasteiger partial charge in [0, 0.05) is 5.39 Å². The van der Waals surface area contributed by atoms with E-state index in [1.165, 1.54) is 18.2 Å². The van der Waals surface area contributed by atoms with E-state index in [0.29, 0.717) is 16.2 Å². The summed E-state index contributed by atoms with van der Waals surface area (Å²) < 4.78 is 38.2. The number of phenols is 2. The zero-order valence-corrected chi connectivity index (χ0v) is 11.1. The van der Waals surface area contributed by atoms with Crippen LogP contribution in [0.2, 0.25) is 5.02 Å². The number of hydrogen-bond donors (Lipinski definition) is 2. The first kappa shape index (κ1) is 13.8. The van der Waals surface area contributed by atoms with Crippen LogP contribution in [0.5, 0.6) is 11.5 Å². The number of fused-ring (bicyclic) bond motifs is 2. The van der Waals surface area contributed by atoms with Crippen molar-refractivity contribution >= 4 is 33.1 Å². The van der Waals surface area contributed by atoms with Gasteiger partial charge in [-0.15, -0.1) is 0 Å². The summed E-state index contributed by atoms with van der Waals surface area (Å²) in [6.07, 6.45) is -4.43. The zero-order chi connectivity index (χ0) is 15.4. The number of benzene rings is 3. The predicted molar refractivity (Wildman–Crippen MR) is 74.8 cm³/mol. The SMILES string of the molecule is Oc1cc2cc3ccc(C(F)(F)F)cc3cc2c(O)c1Cl. The highest BCUT2D eigenvalue weighted by atomic mass is 35.5. The van der Waals surface area contributed by atoms with E-state index < -0.39 is 11.7 Å². The summed E-state index contributed by atoms with van der Waals surface area (Å²) >= 11 is 5.73. The third kappa shape index (κ3) is 2.23. The third-order valence-corrected chi connectivity index (χ3v) is 3.69. The van der Waals surface area contributed by atoms with Gasteiger partial charge < -0.3 is 10.2 Å². The van der Waals surface area contributed by atoms with Gasteiger partial charge >= 0.3 is 6.18 Å². The molecule has 0 radical (unpaired) electrons. The first-order valence-corrected chi connectivity index (χ1v) is 6.30. The van der Waals surface area contributed by atoms with Crippen LogP contribution in [-0.4, -0.2) is 10.2 Å². The lowest BCUT2D eigenvalue weighted by atomic mass is 10.0. The van der Waals surface area contributed by atoms with Crippen molar-refractivity contribution in [3.05, 3.63) is 47.0 Å². The molecule has 0 spiro atoms. The van der Waals surface area contributed by atoms with Crippen LogP contribution in [0.15, 0.2) is 36.4 Å². The number of rotatable bonds is 0. The van der Waals surface area contributed by atoms with E-state index in [2.05, 4.69) is 0 Å². The topological polar surface area (TPSA) is 40.5 Å². The molecule has 108 valence electrons. The van der Waals surface area contributed by atoms with Crippen molar-refractivity contribution in [2.45, 2.75) is 6.18 Å². The lowest BCUT2D eigenvalue weighted by Crippen LogP contribution is -2.04. The Morgan fingerprint density at radius 3 is 2.24 bits per heavy atom. The van der Waals surface area contributed by atoms with Gasteiger partial charge in [0.1, 0.15) is 16.5 Å². The molecule has 21 heavy (non-hydrogen) atoms. The van der Waals surface area contributed by atoms with Crippen molar-refractivity contribution in [2.24, 2.45) is 0 Å². The highest BCUT2D eigenvalue weighted by molar-refractivity contribution is 6.34. The fraction of sp³-hybridized carbons (Fsp3) is 0.0667. The molecular weight excluding hydrogens is 305 g/mol. The molecule has 0 saturated heterocycles. The Kier molecular flexibility index (Phi) is 2.92. The first-order chi connectivity index (χ1) is 9.77. The molecule has 0 fully saturated rings. The monoisotopic (exact) mass is 312 g/mol. The van der Waals surface area contributed by atoms with E-state index in [0.717, 1.165) is 12.1 Å². The van der Waals surface area contributed by atoms with Crippen molar-refractivity contribution in [3.8, 4) is 11.5 Å². The fourth-order valence-corrected chi connectivity index (χ4v) is 2.42. The summed E-state index contributed by atoms with van der Waals surface area (Å²) in [4.78, 5) is 0. The maximum Gasteiger partial charge on any atom is 0.416 e. The summed E-state index contributed by atoms with van der Waals surface area (Å²) in [5.74, 6) is -0.640. The second-order valence-electron chi connectivity index (χ2n) is 4.69. The lowest BCUT2D eigenvalue weighted by Gasteiger charge is -2.10. The molecule has 0 aliphatic carbocycles. The molecule has 0 heterocycles. The largest absolute Gasteiger partial charge is 0.506 e. The average molecular weight is 313 g/mol. The van der Waals surface area contributed by atoms with Crippen LogP contribution < -0.4 is 0 Å². The van der Waals surface area contributed by atoms with Crippen LogP contribution in [0.4, 0.5) is 13.2 Å². The Morgan fingerprint density at radius 1 is 0.857 bits per heavy atom. The van der Waals surface area contributed by atoms with Crippen LogP contribution in [0.3, 0.4) is 0 Å². The molecule has 0 aromatic heterocycles. The van der Waals surface area contributed by atoms with Gasteiger partial charge in [0.25, 0.3) is 0 Å². The van der Waals surface area contributed by atoms with Crippen molar-refractivity contribution in [2.75, 3.05) is 0 Å². The molecule has 3 aromatic carbocycles. The summed E-state index contributed by atoms with van der Waals surface area (Å²) in [7, 11) is 0. The second kappa shape index (κ2) is 4.43. The second-order valence-corrected chi connectivity index (χ2v) is 5.07. The third-order valence-electron chi connectivity index (χ3n) is 3.32. The van der Waals surface area contributed by atoms with E-state index in [4.69, 9.17) is 11.6 Å². The van der Waals surface area contributed by atoms with Crippen molar-refractivity contribution in [1.29, 1.82) is 0 Å². The number of aromatic hydroxyl groups is 2. The van der Waals surface area contributed by atoms with Gasteiger partial charge in [-0.2, -0.15) is 13.2 Å². The van der Waals surface area contributed by atoms with E-state index in [1.54, 1.807) is 6.07 Å². The minimum Gasteiger partial charge on any atom is -0.506 e. The Labute approximate surface area is 122 Å². The van der Waals surface area contributed by atoms with Gasteiger partial charge in [0.05, 0.1) is 5.56 Å². The smallest absolute Gasteiger partial charge is 0.416 e. The minimum atomic E-state index is -4.43. The van der Waals surface area contributed by atoms with Crippen molar-refractivity contribution in [1.82, 2.24) is 0 Å². The summed E-state index contributed by atoms with van der Waals surface area (Å²) in [6, 6.07) is 7.70. The van der Waals surface area contributed by atoms with Gasteiger partial charge in [0.15, 0.2) is 0 Å². The quantitative estimate of drug-likeness (QED) is 0.568. The Bertz CT molecular complexity index is 872. The number of hydrogen-bond acceptors (Lipinski definition) is 2. The van der Waals surface area contributed by atoms with Crippen LogP contribution in [0, 0.1) is 0 Å². The predicted octanol–water partition coefficient (Wildman–Crippen LogP) is 5.08. The number of phenolic OH excluding ortho intramolecular Hbond substituents is 2. The van der Waals surface area contributed by atoms with Gasteiger partial charge in [-0.1, -0.05) is 17.7 Å². The maximum atomic E-state index is 12.7. The Balaban J connectivity index is 2.36. The number of halogens is 4. The van der Waals surface area contributed by atoms with Crippen LogP contribution in [0.1, 0.15) is 5.56 Å². The molecule has 0 aliphatic rings. The van der Waals surface area contributed by atoms with Crippen LogP contribution in [-0.2, 0) is 6.18 Å². The molecule has 0 atom stereocenters. The zero-order valence-electron chi connectivity index (χ0n) is 10.4. The summed E-state index contributed by atoms with van der Waals surface area (Å²) in [6.45, 7) is 0. The normalized spacial score (nSPS) is 12.2. The highest BCUT2D eigenvalue weighted by Crippen LogP contribution is 2.41. The van der Waals surface area contributed by atoms with Gasteiger partial charge in [-0.3, -0.25) is 0 Å². The highest BCUT2D eigenvalue weighted by Gasteiger charge is 2.30. The number of alkyl halides is 3. The molecule has 0 aliphatic heterocycles. The minimum absolute atomic E-state index is 0.228. The Morgan fingerprint density at radius 2 is 1.57 bits per heavy atom. The van der Waals surface area contributed by atoms with Crippen molar-refractivity contribution < 1.29 is 23.4 Å². The van der Waals surface area contributed by atoms with Crippen LogP contribution >= 0.6 is 11.6 Å². The fourth-order valence-electron chi connectivity index (χ4n) is 2.27. The first-order valence-electron chi connectivity index (χ1n) is 5.92. The molecule has 0 bridgehead atoms. The van der Waals surface area contributed by atoms with Crippen molar-refractivity contribution in [3.63, 3.8) is 0 Å². The molecule has 3 rings (SSSR count). The van der Waals surface area contributed by atoms with Crippen LogP contribution in [0.25, 0.3) is 21.5 Å². The maximum absolute atomic E-state index is 12.7. The van der Waals surface area contributed by atoms with E-state index in [1.807, 2.05) is 0 Å². The summed E-state index contributed by atoms with van der Waals surface area (Å²) in [5, 5.41) is 20.9. The van der Waals surface area contributed by atoms with E-state index in [9.17, 15) is 23.4 Å². The Hall–Kier alpha value is -2.14. The van der Waals surface area contributed by atoms with E-state index in [-0.39, 0.29) is 21.9 Å². The van der Waals surface area contributed by atoms with E-state index >= 15 is 0 Å². The van der Waals surface area contributed by atoms with Gasteiger partial charge in [-0.25, -0.2) is 0 Å². The molecule has 2 N–H and O–H groups in total. The molecule has 0 unspecified atom stereocenters. The molecular formula is C15H8ClF3O2. The van der Waals surface area contributed by atoms with Gasteiger partial charge in [0.2, 0.25) is 0 Å². The molecule has 6 heteroatoms. The van der Waals surface area contributed by atoms with Gasteiger partial charge in [-0.05, 0) is 46.5 Å².